The van der Waals surface area contributed by atoms with Gasteiger partial charge in [-0.1, -0.05) is 48.0 Å². The number of halogens is 1. The van der Waals surface area contributed by atoms with Crippen LogP contribution in [0.3, 0.4) is 0 Å². The third-order valence-corrected chi connectivity index (χ3v) is 3.88. The lowest BCUT2D eigenvalue weighted by Crippen LogP contribution is -2.17. The minimum atomic E-state index is 0.756. The molecule has 3 rings (SSSR count). The maximum absolute atomic E-state index is 6.21. The highest BCUT2D eigenvalue weighted by Crippen LogP contribution is 2.24. The van der Waals surface area contributed by atoms with Gasteiger partial charge in [-0.3, -0.25) is 4.98 Å². The number of pyridine rings is 1. The summed E-state index contributed by atoms with van der Waals surface area (Å²) in [6.07, 6.45) is 2.84. The van der Waals surface area contributed by atoms with Crippen LogP contribution in [0.1, 0.15) is 11.1 Å². The third kappa shape index (κ3) is 3.41. The Kier molecular flexibility index (Phi) is 4.49. The zero-order chi connectivity index (χ0) is 14.5. The average Bonchev–Trinajstić information content (AvgIpc) is 2.55. The highest BCUT2D eigenvalue weighted by atomic mass is 35.5. The first-order valence-electron chi connectivity index (χ1n) is 7.11. The van der Waals surface area contributed by atoms with E-state index in [1.165, 1.54) is 11.1 Å². The van der Waals surface area contributed by atoms with Crippen molar-refractivity contribution >= 4 is 22.5 Å². The van der Waals surface area contributed by atoms with Crippen molar-refractivity contribution in [1.82, 2.24) is 10.3 Å². The molecule has 0 radical (unpaired) electrons. The lowest BCUT2D eigenvalue weighted by atomic mass is 10.1. The van der Waals surface area contributed by atoms with Crippen LogP contribution in [0, 0.1) is 0 Å². The molecule has 0 saturated heterocycles. The third-order valence-electron chi connectivity index (χ3n) is 3.55. The van der Waals surface area contributed by atoms with Crippen LogP contribution in [-0.4, -0.2) is 11.5 Å². The number of hydrogen-bond donors (Lipinski definition) is 1. The van der Waals surface area contributed by atoms with Crippen LogP contribution >= 0.6 is 11.6 Å². The monoisotopic (exact) mass is 296 g/mol. The van der Waals surface area contributed by atoms with Crippen molar-refractivity contribution in [3.8, 4) is 0 Å². The van der Waals surface area contributed by atoms with Crippen molar-refractivity contribution < 1.29 is 0 Å². The van der Waals surface area contributed by atoms with Crippen LogP contribution in [0.4, 0.5) is 0 Å². The second-order valence-corrected chi connectivity index (χ2v) is 5.43. The summed E-state index contributed by atoms with van der Waals surface area (Å²) >= 11 is 6.21. The Hall–Kier alpha value is -1.90. The molecular weight excluding hydrogens is 280 g/mol. The van der Waals surface area contributed by atoms with E-state index in [-0.39, 0.29) is 0 Å². The van der Waals surface area contributed by atoms with Gasteiger partial charge in [-0.25, -0.2) is 0 Å². The molecule has 1 N–H and O–H groups in total. The highest BCUT2D eigenvalue weighted by molar-refractivity contribution is 6.35. The standard InChI is InChI=1S/C18H17ClN2/c19-17-9-8-15(18-16(17)7-4-11-21-18)13-20-12-10-14-5-2-1-3-6-14/h1-9,11,20H,10,12-13H2. The summed E-state index contributed by atoms with van der Waals surface area (Å²) in [4.78, 5) is 4.45. The summed E-state index contributed by atoms with van der Waals surface area (Å²) in [5.41, 5.74) is 3.52. The van der Waals surface area contributed by atoms with E-state index in [2.05, 4.69) is 34.6 Å². The van der Waals surface area contributed by atoms with E-state index in [0.717, 1.165) is 35.4 Å². The van der Waals surface area contributed by atoms with Crippen LogP contribution in [0.5, 0.6) is 0 Å². The first-order chi connectivity index (χ1) is 10.3. The number of nitrogens with zero attached hydrogens (tertiary/aromatic N) is 1. The molecule has 1 heterocycles. The van der Waals surface area contributed by atoms with Crippen LogP contribution < -0.4 is 5.32 Å². The maximum atomic E-state index is 6.21. The molecule has 2 nitrogen and oxygen atoms in total. The van der Waals surface area contributed by atoms with E-state index < -0.39 is 0 Å². The lowest BCUT2D eigenvalue weighted by Gasteiger charge is -2.09. The van der Waals surface area contributed by atoms with Gasteiger partial charge in [0, 0.05) is 23.2 Å². The van der Waals surface area contributed by atoms with Gasteiger partial charge in [0.05, 0.1) is 5.52 Å². The topological polar surface area (TPSA) is 24.9 Å². The zero-order valence-corrected chi connectivity index (χ0v) is 12.5. The smallest absolute Gasteiger partial charge is 0.0761 e. The Balaban J connectivity index is 1.65. The second kappa shape index (κ2) is 6.70. The Bertz CT molecular complexity index is 726. The van der Waals surface area contributed by atoms with E-state index in [1.807, 2.05) is 36.5 Å². The quantitative estimate of drug-likeness (QED) is 0.713. The average molecular weight is 297 g/mol. The number of benzene rings is 2. The van der Waals surface area contributed by atoms with Gasteiger partial charge in [-0.2, -0.15) is 0 Å². The second-order valence-electron chi connectivity index (χ2n) is 5.02. The summed E-state index contributed by atoms with van der Waals surface area (Å²) in [7, 11) is 0. The first-order valence-corrected chi connectivity index (χ1v) is 7.49. The van der Waals surface area contributed by atoms with E-state index in [0.29, 0.717) is 0 Å². The van der Waals surface area contributed by atoms with Gasteiger partial charge in [-0.05, 0) is 42.3 Å². The molecule has 0 amide bonds. The molecule has 106 valence electrons. The summed E-state index contributed by atoms with van der Waals surface area (Å²) in [6, 6.07) is 18.4. The zero-order valence-electron chi connectivity index (χ0n) is 11.7. The van der Waals surface area contributed by atoms with Crippen molar-refractivity contribution in [3.63, 3.8) is 0 Å². The normalized spacial score (nSPS) is 10.9. The van der Waals surface area contributed by atoms with Gasteiger partial charge in [0.2, 0.25) is 0 Å². The number of nitrogens with one attached hydrogen (secondary N) is 1. The van der Waals surface area contributed by atoms with Crippen molar-refractivity contribution in [2.45, 2.75) is 13.0 Å². The Labute approximate surface area is 129 Å². The maximum Gasteiger partial charge on any atom is 0.0761 e. The fourth-order valence-corrected chi connectivity index (χ4v) is 2.65. The molecule has 1 aromatic heterocycles. The molecular formula is C18H17ClN2. The van der Waals surface area contributed by atoms with Crippen LogP contribution in [0.25, 0.3) is 10.9 Å². The van der Waals surface area contributed by atoms with Crippen molar-refractivity contribution in [3.05, 3.63) is 76.9 Å². The molecule has 21 heavy (non-hydrogen) atoms. The van der Waals surface area contributed by atoms with Gasteiger partial charge >= 0.3 is 0 Å². The minimum absolute atomic E-state index is 0.756. The molecule has 2 aromatic carbocycles. The van der Waals surface area contributed by atoms with Crippen LogP contribution in [0.15, 0.2) is 60.8 Å². The minimum Gasteiger partial charge on any atom is -0.312 e. The van der Waals surface area contributed by atoms with E-state index in [1.54, 1.807) is 0 Å². The molecule has 0 saturated carbocycles. The van der Waals surface area contributed by atoms with E-state index >= 15 is 0 Å². The van der Waals surface area contributed by atoms with Gasteiger partial charge in [0.1, 0.15) is 0 Å². The molecule has 0 spiro atoms. The predicted molar refractivity (Wildman–Crippen MR) is 88.6 cm³/mol. The molecule has 0 atom stereocenters. The Morgan fingerprint density at radius 2 is 1.81 bits per heavy atom. The fourth-order valence-electron chi connectivity index (χ4n) is 2.44. The van der Waals surface area contributed by atoms with Crippen molar-refractivity contribution in [2.75, 3.05) is 6.54 Å². The van der Waals surface area contributed by atoms with Gasteiger partial charge in [0.25, 0.3) is 0 Å². The van der Waals surface area contributed by atoms with Gasteiger partial charge < -0.3 is 5.32 Å². The van der Waals surface area contributed by atoms with E-state index in [4.69, 9.17) is 11.6 Å². The molecule has 3 heteroatoms. The Morgan fingerprint density at radius 1 is 0.952 bits per heavy atom. The fraction of sp³-hybridized carbons (Fsp3) is 0.167. The molecule has 0 bridgehead atoms. The van der Waals surface area contributed by atoms with Crippen LogP contribution in [0.2, 0.25) is 5.02 Å². The molecule has 0 aliphatic rings. The van der Waals surface area contributed by atoms with Crippen LogP contribution in [-0.2, 0) is 13.0 Å². The summed E-state index contributed by atoms with van der Waals surface area (Å²) in [5.74, 6) is 0. The number of hydrogen-bond acceptors (Lipinski definition) is 2. The van der Waals surface area contributed by atoms with E-state index in [9.17, 15) is 0 Å². The summed E-state index contributed by atoms with van der Waals surface area (Å²) in [6.45, 7) is 1.75. The molecule has 0 aliphatic heterocycles. The SMILES string of the molecule is Clc1ccc(CNCCc2ccccc2)c2ncccc12. The first kappa shape index (κ1) is 14.1. The van der Waals surface area contributed by atoms with Gasteiger partial charge in [-0.15, -0.1) is 0 Å². The molecule has 3 aromatic rings. The largest absolute Gasteiger partial charge is 0.312 e. The number of aromatic nitrogens is 1. The highest BCUT2D eigenvalue weighted by Gasteiger charge is 2.05. The Morgan fingerprint density at radius 3 is 2.67 bits per heavy atom. The van der Waals surface area contributed by atoms with Crippen molar-refractivity contribution in [2.24, 2.45) is 0 Å². The summed E-state index contributed by atoms with van der Waals surface area (Å²) in [5, 5.41) is 5.25. The van der Waals surface area contributed by atoms with Crippen molar-refractivity contribution in [1.29, 1.82) is 0 Å². The number of fused-ring (bicyclic) bond motifs is 1. The molecule has 0 aliphatic carbocycles. The lowest BCUT2D eigenvalue weighted by molar-refractivity contribution is 0.689. The molecule has 0 unspecified atom stereocenters. The number of rotatable bonds is 5. The van der Waals surface area contributed by atoms with Gasteiger partial charge in [0.15, 0.2) is 0 Å². The predicted octanol–water partition coefficient (Wildman–Crippen LogP) is 4.22. The molecule has 0 fully saturated rings. The summed E-state index contributed by atoms with van der Waals surface area (Å²) < 4.78 is 0.